The van der Waals surface area contributed by atoms with Gasteiger partial charge in [0, 0.05) is 0 Å². The van der Waals surface area contributed by atoms with Crippen molar-refractivity contribution >= 4 is 59.9 Å². The van der Waals surface area contributed by atoms with Crippen molar-refractivity contribution in [3.63, 3.8) is 0 Å². The average Bonchev–Trinajstić information content (AvgIpc) is 3.14. The quantitative estimate of drug-likeness (QED) is 0.0604. The molecule has 3 N–H and O–H groups in total. The van der Waals surface area contributed by atoms with Gasteiger partial charge in [-0.05, 0) is 112 Å². The molecule has 3 unspecified atom stereocenters. The number of phosphoric ester groups is 1. The molecule has 16 nitrogen and oxygen atoms in total. The Bertz CT molecular complexity index is 1800. The highest BCUT2D eigenvalue weighted by Crippen LogP contribution is 2.62. The number of Topliss-reactive ketones (excluding diaryl/α,β-unsaturated/α-hetero) is 9. The first-order valence-corrected chi connectivity index (χ1v) is 18.6. The van der Waals surface area contributed by atoms with Gasteiger partial charge in [-0.25, -0.2) is 4.57 Å². The fraction of sp³-hybridized carbons (Fsp3) is 0.357. The van der Waals surface area contributed by atoms with Gasteiger partial charge in [0.15, 0.2) is 35.7 Å². The number of carbonyl (C=O) groups is 9. The second kappa shape index (κ2) is 19.6. The number of ketones is 9. The first-order valence-electron chi connectivity index (χ1n) is 17.1. The summed E-state index contributed by atoms with van der Waals surface area (Å²) < 4.78 is 32.8. The number of aliphatic hydroxyl groups is 3. The lowest BCUT2D eigenvalue weighted by atomic mass is 9.79. The maximum absolute atomic E-state index is 16.0. The van der Waals surface area contributed by atoms with Crippen molar-refractivity contribution < 1.29 is 76.6 Å². The molecule has 3 atom stereocenters. The Labute approximate surface area is 342 Å². The molecule has 0 aliphatic heterocycles. The maximum Gasteiger partial charge on any atom is 0.479 e. The molecule has 0 spiro atoms. The van der Waals surface area contributed by atoms with Gasteiger partial charge in [0.05, 0.1) is 0 Å². The first kappa shape index (κ1) is 53.7. The Kier molecular flexibility index (Phi) is 17.9. The highest BCUT2D eigenvalue weighted by atomic mass is 31.2. The number of hydrogen-bond donors (Lipinski definition) is 3. The molecule has 17 heteroatoms. The lowest BCUT2D eigenvalue weighted by molar-refractivity contribution is -0.178. The number of carbonyl (C=O) groups excluding carboxylic acids is 9. The molecule has 0 heterocycles. The van der Waals surface area contributed by atoms with Crippen LogP contribution in [0.2, 0.25) is 0 Å². The van der Waals surface area contributed by atoms with E-state index in [2.05, 4.69) is 59.2 Å². The number of aliphatic hydroxyl groups excluding tert-OH is 3. The van der Waals surface area contributed by atoms with Gasteiger partial charge in [-0.2, -0.15) is 0 Å². The molecule has 0 aromatic rings. The minimum absolute atomic E-state index is 0.593. The normalized spacial score (nSPS) is 14.2. The average molecular weight is 843 g/mol. The topological polar surface area (TPSA) is 259 Å². The molecule has 0 amide bonds. The third kappa shape index (κ3) is 10.3. The van der Waals surface area contributed by atoms with E-state index >= 15 is 4.57 Å². The fourth-order valence-electron chi connectivity index (χ4n) is 5.19. The van der Waals surface area contributed by atoms with E-state index < -0.39 is 145 Å². The molecule has 0 saturated heterocycles. The number of phosphoric acid groups is 1. The van der Waals surface area contributed by atoms with E-state index in [1.165, 1.54) is 0 Å². The van der Waals surface area contributed by atoms with E-state index in [4.69, 9.17) is 13.6 Å². The van der Waals surface area contributed by atoms with Gasteiger partial charge in [0.25, 0.3) is 0 Å². The molecule has 0 aliphatic carbocycles. The van der Waals surface area contributed by atoms with Crippen LogP contribution in [0.1, 0.15) is 62.3 Å². The Morgan fingerprint density at radius 3 is 0.593 bits per heavy atom. The van der Waals surface area contributed by atoms with Crippen LogP contribution in [-0.4, -0.2) is 102 Å². The molecule has 0 aromatic heterocycles. The second-order valence-electron chi connectivity index (χ2n) is 14.2. The van der Waals surface area contributed by atoms with Crippen molar-refractivity contribution in [1.29, 1.82) is 0 Å². The van der Waals surface area contributed by atoms with Gasteiger partial charge in [0.1, 0.15) is 0 Å². The van der Waals surface area contributed by atoms with Crippen molar-refractivity contribution in [2.24, 2.45) is 0 Å². The Morgan fingerprint density at radius 1 is 0.356 bits per heavy atom. The van der Waals surface area contributed by atoms with Crippen molar-refractivity contribution in [1.82, 2.24) is 0 Å². The molecule has 320 valence electrons. The summed E-state index contributed by atoms with van der Waals surface area (Å²) in [6.45, 7) is 38.9. The summed E-state index contributed by atoms with van der Waals surface area (Å²) in [6, 6.07) is 0. The molecular weight excluding hydrogens is 791 g/mol. The highest BCUT2D eigenvalue weighted by Gasteiger charge is 2.69. The summed E-state index contributed by atoms with van der Waals surface area (Å²) in [5, 5.41) is 35.0. The predicted molar refractivity (Wildman–Crippen MR) is 215 cm³/mol. The molecule has 0 fully saturated rings. The largest absolute Gasteiger partial charge is 0.479 e. The van der Waals surface area contributed by atoms with Crippen LogP contribution in [0.15, 0.2) is 109 Å². The number of rotatable bonds is 27. The highest BCUT2D eigenvalue weighted by molar-refractivity contribution is 7.49. The Balaban J connectivity index is 10.0. The maximum atomic E-state index is 16.0. The summed E-state index contributed by atoms with van der Waals surface area (Å²) >= 11 is 0. The van der Waals surface area contributed by atoms with Crippen LogP contribution in [0.4, 0.5) is 0 Å². The van der Waals surface area contributed by atoms with Gasteiger partial charge in [-0.1, -0.05) is 59.2 Å². The van der Waals surface area contributed by atoms with Gasteiger partial charge < -0.3 is 15.3 Å². The zero-order valence-electron chi connectivity index (χ0n) is 34.7. The monoisotopic (exact) mass is 842 g/mol. The lowest BCUT2D eigenvalue weighted by Gasteiger charge is -2.43. The first-order chi connectivity index (χ1) is 26.5. The smallest absolute Gasteiger partial charge is 0.381 e. The van der Waals surface area contributed by atoms with Crippen molar-refractivity contribution in [3.05, 3.63) is 109 Å². The summed E-state index contributed by atoms with van der Waals surface area (Å²) in [5.41, 5.74) is -18.5. The molecule has 0 saturated carbocycles. The van der Waals surface area contributed by atoms with E-state index in [9.17, 15) is 58.5 Å². The zero-order chi connectivity index (χ0) is 47.2. The van der Waals surface area contributed by atoms with Crippen LogP contribution in [0.3, 0.4) is 0 Å². The third-order valence-electron chi connectivity index (χ3n) is 8.28. The van der Waals surface area contributed by atoms with Crippen LogP contribution < -0.4 is 0 Å². The van der Waals surface area contributed by atoms with Crippen LogP contribution >= 0.6 is 7.82 Å². The summed E-state index contributed by atoms with van der Waals surface area (Å²) in [6.07, 6.45) is -9.57. The van der Waals surface area contributed by atoms with Crippen LogP contribution in [-0.2, 0) is 61.3 Å². The van der Waals surface area contributed by atoms with Crippen LogP contribution in [0, 0.1) is 0 Å². The van der Waals surface area contributed by atoms with Gasteiger partial charge in [0.2, 0.25) is 51.5 Å². The van der Waals surface area contributed by atoms with Crippen LogP contribution in [0.25, 0.3) is 0 Å². The summed E-state index contributed by atoms with van der Waals surface area (Å²) in [4.78, 5) is 126. The van der Waals surface area contributed by atoms with E-state index in [1.54, 1.807) is 0 Å². The molecular formula is C42H51O16P. The Morgan fingerprint density at radius 2 is 0.492 bits per heavy atom. The molecule has 59 heavy (non-hydrogen) atoms. The van der Waals surface area contributed by atoms with Gasteiger partial charge in [-0.3, -0.25) is 56.7 Å². The number of hydrogen-bond acceptors (Lipinski definition) is 16. The molecule has 0 aromatic carbocycles. The fourth-order valence-corrected chi connectivity index (χ4v) is 7.16. The van der Waals surface area contributed by atoms with E-state index in [0.717, 1.165) is 62.3 Å². The minimum atomic E-state index is -7.11. The third-order valence-corrected chi connectivity index (χ3v) is 9.81. The second-order valence-corrected chi connectivity index (χ2v) is 15.7. The van der Waals surface area contributed by atoms with Crippen LogP contribution in [0.5, 0.6) is 0 Å². The van der Waals surface area contributed by atoms with E-state index in [-0.39, 0.29) is 0 Å². The summed E-state index contributed by atoms with van der Waals surface area (Å²) in [5.74, 6) is -15.8. The molecule has 0 aliphatic rings. The zero-order valence-corrected chi connectivity index (χ0v) is 35.6. The van der Waals surface area contributed by atoms with Crippen molar-refractivity contribution in [2.45, 2.75) is 97.4 Å². The molecule has 0 bridgehead atoms. The standard InChI is InChI=1S/C42H51O16P/c1-19(2)28(43)37(52)40(31(46)22(7)8,32(47)23(9)10)56-59(55,57-41(33(48)24(11)12,34(49)25(13)14)38(53)29(44)20(3)4)58-42(35(50)26(15)16,36(51)27(17)18)39(54)30(45)21(5)6/h37-39,52-54H,1,3,5,7,9,11,13,15,17H2,2,4,6,8,10,12,14,16,18H3. The molecule has 0 radical (unpaired) electrons. The van der Waals surface area contributed by atoms with Crippen molar-refractivity contribution in [2.75, 3.05) is 0 Å². The summed E-state index contributed by atoms with van der Waals surface area (Å²) in [7, 11) is -7.11. The SMILES string of the molecule is C=C(C)C(=O)C(O)C(OP(=O)(OC(C(=O)C(=C)C)(C(=O)C(=C)C)C(O)C(=O)C(=C)C)OC(C(=O)C(=C)C)(C(=O)C(=C)C)C(O)C(=O)C(=C)C)(C(=O)C(=C)C)C(=O)C(=C)C. The lowest BCUT2D eigenvalue weighted by Crippen LogP contribution is -2.65. The van der Waals surface area contributed by atoms with Gasteiger partial charge >= 0.3 is 7.82 Å². The Hall–Kier alpha value is -5.32. The minimum Gasteiger partial charge on any atom is -0.381 e. The van der Waals surface area contributed by atoms with E-state index in [0.29, 0.717) is 0 Å². The predicted octanol–water partition coefficient (Wildman–Crippen LogP) is 3.75. The van der Waals surface area contributed by atoms with E-state index in [1.807, 2.05) is 0 Å². The van der Waals surface area contributed by atoms with Gasteiger partial charge in [-0.15, -0.1) is 0 Å². The molecule has 0 rings (SSSR count). The van der Waals surface area contributed by atoms with Crippen molar-refractivity contribution in [3.8, 4) is 0 Å².